The highest BCUT2D eigenvalue weighted by Crippen LogP contribution is 2.32. The van der Waals surface area contributed by atoms with Gasteiger partial charge in [0.2, 0.25) is 0 Å². The molecule has 26 heavy (non-hydrogen) atoms. The van der Waals surface area contributed by atoms with Crippen LogP contribution in [-0.2, 0) is 22.5 Å². The first-order valence-electron chi connectivity index (χ1n) is 9.20. The number of rotatable bonds is 3. The predicted molar refractivity (Wildman–Crippen MR) is 103 cm³/mol. The van der Waals surface area contributed by atoms with E-state index in [9.17, 15) is 4.79 Å². The molecule has 0 amide bonds. The van der Waals surface area contributed by atoms with Crippen LogP contribution < -0.4 is 0 Å². The third-order valence-electron chi connectivity index (χ3n) is 5.27. The molecule has 0 saturated carbocycles. The SMILES string of the molecule is COC(=O)C1CN(Cc2ccccc2)CCCc2c1[nH]c1ccccc21. The Balaban J connectivity index is 1.69. The number of carbonyl (C=O) groups is 1. The lowest BCUT2D eigenvalue weighted by Crippen LogP contribution is -2.35. The summed E-state index contributed by atoms with van der Waals surface area (Å²) < 4.78 is 5.15. The first-order chi connectivity index (χ1) is 12.8. The summed E-state index contributed by atoms with van der Waals surface area (Å²) in [6, 6.07) is 18.7. The lowest BCUT2D eigenvalue weighted by molar-refractivity contribution is -0.143. The number of H-pyrrole nitrogens is 1. The van der Waals surface area contributed by atoms with Crippen LogP contribution in [0.4, 0.5) is 0 Å². The van der Waals surface area contributed by atoms with Crippen LogP contribution in [0, 0.1) is 0 Å². The van der Waals surface area contributed by atoms with Crippen molar-refractivity contribution in [2.75, 3.05) is 20.2 Å². The van der Waals surface area contributed by atoms with Crippen LogP contribution in [0.2, 0.25) is 0 Å². The molecule has 1 aliphatic rings. The molecule has 0 spiro atoms. The number of para-hydroxylation sites is 1. The van der Waals surface area contributed by atoms with Crippen LogP contribution in [0.25, 0.3) is 10.9 Å². The minimum atomic E-state index is -0.286. The molecule has 0 aliphatic carbocycles. The van der Waals surface area contributed by atoms with Crippen LogP contribution in [0.3, 0.4) is 0 Å². The zero-order valence-corrected chi connectivity index (χ0v) is 15.1. The Morgan fingerprint density at radius 1 is 1.15 bits per heavy atom. The fraction of sp³-hybridized carbons (Fsp3) is 0.318. The van der Waals surface area contributed by atoms with Crippen LogP contribution in [0.1, 0.15) is 29.2 Å². The molecule has 0 saturated heterocycles. The number of nitrogens with one attached hydrogen (secondary N) is 1. The van der Waals surface area contributed by atoms with Crippen LogP contribution in [-0.4, -0.2) is 36.1 Å². The number of aromatic amines is 1. The molecule has 4 heteroatoms. The summed E-state index contributed by atoms with van der Waals surface area (Å²) in [6.45, 7) is 2.49. The fourth-order valence-corrected chi connectivity index (χ4v) is 4.03. The standard InChI is InChI=1S/C22H24N2O2/c1-26-22(25)19-15-24(14-16-8-3-2-4-9-16)13-7-11-18-17-10-5-6-12-20(17)23-21(18)19/h2-6,8-10,12,19,23H,7,11,13-15H2,1H3. The number of methoxy groups -OCH3 is 1. The molecule has 4 rings (SSSR count). The third-order valence-corrected chi connectivity index (χ3v) is 5.27. The molecule has 2 aromatic carbocycles. The third kappa shape index (κ3) is 3.25. The number of aromatic nitrogens is 1. The van der Waals surface area contributed by atoms with Crippen LogP contribution in [0.15, 0.2) is 54.6 Å². The number of carbonyl (C=O) groups excluding carboxylic acids is 1. The zero-order valence-electron chi connectivity index (χ0n) is 15.1. The van der Waals surface area contributed by atoms with Crippen molar-refractivity contribution < 1.29 is 9.53 Å². The van der Waals surface area contributed by atoms with Gasteiger partial charge in [0, 0.05) is 29.7 Å². The van der Waals surface area contributed by atoms with Crippen molar-refractivity contribution in [1.29, 1.82) is 0 Å². The molecule has 134 valence electrons. The number of nitrogens with zero attached hydrogens (tertiary/aromatic N) is 1. The topological polar surface area (TPSA) is 45.3 Å². The van der Waals surface area contributed by atoms with Gasteiger partial charge >= 0.3 is 5.97 Å². The van der Waals surface area contributed by atoms with Gasteiger partial charge in [0.05, 0.1) is 7.11 Å². The largest absolute Gasteiger partial charge is 0.468 e. The van der Waals surface area contributed by atoms with Crippen molar-refractivity contribution in [3.05, 3.63) is 71.4 Å². The van der Waals surface area contributed by atoms with E-state index in [1.807, 2.05) is 12.1 Å². The van der Waals surface area contributed by atoms with E-state index >= 15 is 0 Å². The molecule has 0 radical (unpaired) electrons. The maximum Gasteiger partial charge on any atom is 0.315 e. The molecule has 1 unspecified atom stereocenters. The molecular formula is C22H24N2O2. The lowest BCUT2D eigenvalue weighted by atomic mass is 9.94. The summed E-state index contributed by atoms with van der Waals surface area (Å²) in [4.78, 5) is 18.5. The molecule has 0 bridgehead atoms. The Morgan fingerprint density at radius 3 is 2.73 bits per heavy atom. The van der Waals surface area contributed by atoms with E-state index in [2.05, 4.69) is 52.3 Å². The number of esters is 1. The lowest BCUT2D eigenvalue weighted by Gasteiger charge is -2.29. The van der Waals surface area contributed by atoms with Crippen molar-refractivity contribution in [1.82, 2.24) is 9.88 Å². The number of aryl methyl sites for hydroxylation is 1. The summed E-state index contributed by atoms with van der Waals surface area (Å²) in [5.74, 6) is -0.454. The molecule has 4 nitrogen and oxygen atoms in total. The normalized spacial score (nSPS) is 18.1. The van der Waals surface area contributed by atoms with Crippen LogP contribution in [0.5, 0.6) is 0 Å². The van der Waals surface area contributed by atoms with Crippen LogP contribution >= 0.6 is 0 Å². The van der Waals surface area contributed by atoms with Gasteiger partial charge < -0.3 is 9.72 Å². The predicted octanol–water partition coefficient (Wildman–Crippen LogP) is 3.87. The van der Waals surface area contributed by atoms with Gasteiger partial charge in [-0.25, -0.2) is 0 Å². The van der Waals surface area contributed by atoms with Gasteiger partial charge in [-0.15, -0.1) is 0 Å². The van der Waals surface area contributed by atoms with Crippen molar-refractivity contribution in [2.45, 2.75) is 25.3 Å². The summed E-state index contributed by atoms with van der Waals surface area (Å²) >= 11 is 0. The molecule has 1 aliphatic heterocycles. The average Bonchev–Trinajstić information content (AvgIpc) is 3.02. The van der Waals surface area contributed by atoms with Gasteiger partial charge in [-0.05, 0) is 36.6 Å². The average molecular weight is 348 g/mol. The highest BCUT2D eigenvalue weighted by atomic mass is 16.5. The van der Waals surface area contributed by atoms with Crippen molar-refractivity contribution in [2.24, 2.45) is 0 Å². The molecule has 0 fully saturated rings. The highest BCUT2D eigenvalue weighted by Gasteiger charge is 2.30. The monoisotopic (exact) mass is 348 g/mol. The summed E-state index contributed by atoms with van der Waals surface area (Å²) in [6.07, 6.45) is 2.05. The van der Waals surface area contributed by atoms with Crippen molar-refractivity contribution in [3.8, 4) is 0 Å². The number of hydrogen-bond acceptors (Lipinski definition) is 3. The number of ether oxygens (including phenoxy) is 1. The van der Waals surface area contributed by atoms with Gasteiger partial charge in [-0.1, -0.05) is 48.5 Å². The minimum Gasteiger partial charge on any atom is -0.468 e. The van der Waals surface area contributed by atoms with E-state index in [1.165, 1.54) is 23.6 Å². The van der Waals surface area contributed by atoms with Gasteiger partial charge in [0.1, 0.15) is 5.92 Å². The highest BCUT2D eigenvalue weighted by molar-refractivity contribution is 5.88. The van der Waals surface area contributed by atoms with E-state index in [-0.39, 0.29) is 11.9 Å². The number of hydrogen-bond donors (Lipinski definition) is 1. The van der Waals surface area contributed by atoms with Crippen molar-refractivity contribution >= 4 is 16.9 Å². The maximum atomic E-state index is 12.6. The first kappa shape index (κ1) is 16.9. The van der Waals surface area contributed by atoms with E-state index in [4.69, 9.17) is 4.74 Å². The molecular weight excluding hydrogens is 324 g/mol. The maximum absolute atomic E-state index is 12.6. The molecule has 3 aromatic rings. The molecule has 1 N–H and O–H groups in total. The first-order valence-corrected chi connectivity index (χ1v) is 9.20. The quantitative estimate of drug-likeness (QED) is 0.731. The molecule has 2 heterocycles. The minimum absolute atomic E-state index is 0.169. The summed E-state index contributed by atoms with van der Waals surface area (Å²) in [7, 11) is 1.48. The van der Waals surface area contributed by atoms with Gasteiger partial charge in [-0.3, -0.25) is 9.69 Å². The molecule has 1 aromatic heterocycles. The second kappa shape index (κ2) is 7.34. The fourth-order valence-electron chi connectivity index (χ4n) is 4.03. The Morgan fingerprint density at radius 2 is 1.92 bits per heavy atom. The van der Waals surface area contributed by atoms with Gasteiger partial charge in [-0.2, -0.15) is 0 Å². The number of fused-ring (bicyclic) bond motifs is 3. The second-order valence-corrected chi connectivity index (χ2v) is 6.96. The Kier molecular flexibility index (Phi) is 4.76. The second-order valence-electron chi connectivity index (χ2n) is 6.96. The smallest absolute Gasteiger partial charge is 0.315 e. The Hall–Kier alpha value is -2.59. The van der Waals surface area contributed by atoms with E-state index in [0.717, 1.165) is 37.1 Å². The zero-order chi connectivity index (χ0) is 17.9. The van der Waals surface area contributed by atoms with E-state index in [0.29, 0.717) is 6.54 Å². The molecule has 1 atom stereocenters. The summed E-state index contributed by atoms with van der Waals surface area (Å²) in [5.41, 5.74) is 4.67. The summed E-state index contributed by atoms with van der Waals surface area (Å²) in [5, 5.41) is 1.23. The van der Waals surface area contributed by atoms with Crippen molar-refractivity contribution in [3.63, 3.8) is 0 Å². The van der Waals surface area contributed by atoms with E-state index < -0.39 is 0 Å². The number of benzene rings is 2. The van der Waals surface area contributed by atoms with Gasteiger partial charge in [0.15, 0.2) is 0 Å². The van der Waals surface area contributed by atoms with Gasteiger partial charge in [0.25, 0.3) is 0 Å². The van der Waals surface area contributed by atoms with E-state index in [1.54, 1.807) is 0 Å². The Bertz CT molecular complexity index is 901. The Labute approximate surface area is 153 Å².